The van der Waals surface area contributed by atoms with Crippen LogP contribution in [-0.2, 0) is 68.6 Å². The van der Waals surface area contributed by atoms with Gasteiger partial charge in [-0.3, -0.25) is 33.6 Å². The summed E-state index contributed by atoms with van der Waals surface area (Å²) in [5.74, 6) is -15.3. The topological polar surface area (TPSA) is 587 Å². The molecule has 0 saturated carbocycles. The van der Waals surface area contributed by atoms with Crippen molar-refractivity contribution in [2.45, 2.75) is 265 Å². The Labute approximate surface area is 708 Å². The number of amides is 7. The number of carbonyl (C=O) groups excluding carboxylic acids is 7. The number of aliphatic carboxylic acids is 1. The van der Waals surface area contributed by atoms with E-state index in [0.717, 1.165) is 87.4 Å². The van der Waals surface area contributed by atoms with Gasteiger partial charge in [-0.25, -0.2) is 4.79 Å². The summed E-state index contributed by atoms with van der Waals surface area (Å²) in [6.07, 6.45) is -14.5. The molecule has 7 amide bonds. The van der Waals surface area contributed by atoms with Gasteiger partial charge in [-0.15, -0.1) is 0 Å². The highest BCUT2D eigenvalue weighted by Gasteiger charge is 2.53. The maximum atomic E-state index is 16.6. The molecular formula is C84H112ClN11O26. The first-order chi connectivity index (χ1) is 57.8. The van der Waals surface area contributed by atoms with Gasteiger partial charge in [0.1, 0.15) is 89.5 Å². The molecule has 3 saturated heterocycles. The van der Waals surface area contributed by atoms with Gasteiger partial charge in [-0.2, -0.15) is 0 Å². The van der Waals surface area contributed by atoms with Crippen LogP contribution in [0.3, 0.4) is 0 Å². The van der Waals surface area contributed by atoms with Gasteiger partial charge < -0.3 is 149 Å². The summed E-state index contributed by atoms with van der Waals surface area (Å²) in [7, 11) is 1.48. The van der Waals surface area contributed by atoms with Gasteiger partial charge in [-0.1, -0.05) is 102 Å². The maximum Gasteiger partial charge on any atom is 0.330 e. The predicted molar refractivity (Wildman–Crippen MR) is 435 cm³/mol. The van der Waals surface area contributed by atoms with Crippen LogP contribution in [0.25, 0.3) is 11.1 Å². The van der Waals surface area contributed by atoms with E-state index in [9.17, 15) is 65.4 Å². The third-order valence-corrected chi connectivity index (χ3v) is 23.2. The molecule has 24 N–H and O–H groups in total. The van der Waals surface area contributed by atoms with E-state index < -0.39 is 250 Å². The van der Waals surface area contributed by atoms with E-state index in [4.69, 9.17) is 66.7 Å². The first-order valence-electron chi connectivity index (χ1n) is 40.9. The molecule has 0 spiro atoms. The van der Waals surface area contributed by atoms with Crippen molar-refractivity contribution in [3.63, 3.8) is 0 Å². The fourth-order valence-corrected chi connectivity index (χ4v) is 16.3. The molecule has 8 heterocycles. The van der Waals surface area contributed by atoms with Crippen LogP contribution in [0.5, 0.6) is 46.0 Å². The number of aromatic hydroxyl groups is 3. The lowest BCUT2D eigenvalue weighted by Gasteiger charge is -2.47. The molecule has 13 rings (SSSR count). The average Bonchev–Trinajstić information content (AvgIpc) is 0.760. The van der Waals surface area contributed by atoms with E-state index in [0.29, 0.717) is 13.0 Å². The van der Waals surface area contributed by atoms with E-state index in [1.165, 1.54) is 71.1 Å². The van der Waals surface area contributed by atoms with E-state index in [1.54, 1.807) is 0 Å². The number of aliphatic hydroxyl groups excluding tert-OH is 6. The molecule has 38 heteroatoms. The van der Waals surface area contributed by atoms with Crippen molar-refractivity contribution in [2.24, 2.45) is 23.1 Å². The number of halogens is 1. The Kier molecular flexibility index (Phi) is 30.4. The van der Waals surface area contributed by atoms with Crippen LogP contribution in [0.15, 0.2) is 78.9 Å². The fraction of sp³-hybridized carbons (Fsp3) is 0.548. The second kappa shape index (κ2) is 39.9. The molecule has 5 aromatic carbocycles. The maximum absolute atomic E-state index is 16.6. The number of ether oxygens (including phenoxy) is 8. The van der Waals surface area contributed by atoms with E-state index in [1.807, 2.05) is 13.8 Å². The average molecular weight is 1730 g/mol. The summed E-state index contributed by atoms with van der Waals surface area (Å²) in [6.45, 7) is 11.0. The van der Waals surface area contributed by atoms with Gasteiger partial charge in [0, 0.05) is 47.2 Å². The van der Waals surface area contributed by atoms with Gasteiger partial charge in [0.25, 0.3) is 0 Å². The number of carbonyl (C=O) groups is 8. The smallest absolute Gasteiger partial charge is 0.330 e. The molecule has 3 fully saturated rings. The third kappa shape index (κ3) is 21.4. The highest BCUT2D eigenvalue weighted by Crippen LogP contribution is 2.51. The SMILES string of the molecule is CCCCCCCCCCNCc1c(O)cc2c(c1O)-c1cc(ccc1O)C1NC(=O)C3NC(=O)C(CC(N)=O)NC(=O)C(NC(=O)C(CC(C)C)NC)C(O)c4ccc(c(Cl)c4)Oc4cc3cc(c4O[C@@H]3O[C@H](CO)[C@@H](O)[C@H](O)[C@H]3O[C@H]3C[C@](C)(N)[C@@H](O)[C@H](C)O3)Oc3ccc(cc3)C(O[C@H]3C[C@](C)(N)[C@@H](O)[C@H](C)O3)C(NC1=O)C(=O)NC2C(=O)O. The lowest BCUT2D eigenvalue weighted by Crippen LogP contribution is -2.64. The number of benzene rings is 5. The molecular weight excluding hydrogens is 1610 g/mol. The number of phenolic OH excluding ortho intramolecular Hbond substituents is 3. The Morgan fingerprint density at radius 3 is 1.87 bits per heavy atom. The van der Waals surface area contributed by atoms with Crippen LogP contribution < -0.4 is 73.9 Å². The van der Waals surface area contributed by atoms with Crippen LogP contribution in [-0.4, -0.2) is 222 Å². The zero-order valence-corrected chi connectivity index (χ0v) is 69.6. The van der Waals surface area contributed by atoms with Gasteiger partial charge >= 0.3 is 5.97 Å². The summed E-state index contributed by atoms with van der Waals surface area (Å²) >= 11 is 7.19. The lowest BCUT2D eigenvalue weighted by molar-refractivity contribution is -0.333. The number of phenols is 3. The monoisotopic (exact) mass is 1730 g/mol. The Hall–Kier alpha value is -9.65. The minimum Gasteiger partial charge on any atom is -0.507 e. The normalized spacial score (nSPS) is 30.2. The summed E-state index contributed by atoms with van der Waals surface area (Å²) in [5, 5.41) is 139. The molecule has 666 valence electrons. The highest BCUT2D eigenvalue weighted by molar-refractivity contribution is 6.32. The summed E-state index contributed by atoms with van der Waals surface area (Å²) in [5.41, 5.74) is 13.6. The molecule has 122 heavy (non-hydrogen) atoms. The number of nitrogens with two attached hydrogens (primary N) is 3. The van der Waals surface area contributed by atoms with Crippen LogP contribution in [0.2, 0.25) is 5.02 Å². The van der Waals surface area contributed by atoms with Crippen LogP contribution in [0.1, 0.15) is 189 Å². The van der Waals surface area contributed by atoms with Crippen molar-refractivity contribution in [3.05, 3.63) is 117 Å². The number of rotatable bonds is 26. The molecule has 8 aliphatic rings. The number of hydrogen-bond acceptors (Lipinski definition) is 29. The minimum atomic E-state index is -2.36. The number of aliphatic hydroxyl groups is 6. The quantitative estimate of drug-likeness (QED) is 0.0354. The van der Waals surface area contributed by atoms with Crippen molar-refractivity contribution in [2.75, 3.05) is 20.2 Å². The Bertz CT molecular complexity index is 4620. The Morgan fingerprint density at radius 1 is 0.664 bits per heavy atom. The molecule has 5 aromatic rings. The number of likely N-dealkylation sites (N-methyl/N-ethyl adjacent to an activating group) is 1. The second-order valence-electron chi connectivity index (χ2n) is 33.0. The van der Waals surface area contributed by atoms with Gasteiger partial charge in [0.15, 0.2) is 36.2 Å². The highest BCUT2D eigenvalue weighted by atomic mass is 35.5. The number of fused-ring (bicyclic) bond motifs is 15. The molecule has 0 radical (unpaired) electrons. The first kappa shape index (κ1) is 93.1. The number of carboxylic acids is 1. The molecule has 22 atom stereocenters. The number of hydrogen-bond donors (Lipinski definition) is 21. The van der Waals surface area contributed by atoms with E-state index >= 15 is 24.0 Å². The lowest BCUT2D eigenvalue weighted by atomic mass is 9.86. The number of carboxylic acid groups (broad SMARTS) is 1. The van der Waals surface area contributed by atoms with Crippen molar-refractivity contribution >= 4 is 58.9 Å². The van der Waals surface area contributed by atoms with Crippen molar-refractivity contribution in [1.82, 2.24) is 42.5 Å². The molecule has 37 nitrogen and oxygen atoms in total. The molecule has 11 bridgehead atoms. The first-order valence-corrected chi connectivity index (χ1v) is 41.3. The second-order valence-corrected chi connectivity index (χ2v) is 33.4. The largest absolute Gasteiger partial charge is 0.507 e. The van der Waals surface area contributed by atoms with Crippen LogP contribution in [0.4, 0.5) is 0 Å². The summed E-state index contributed by atoms with van der Waals surface area (Å²) < 4.78 is 52.1. The summed E-state index contributed by atoms with van der Waals surface area (Å²) in [6, 6.07) is 0.989. The Balaban J connectivity index is 1.16. The molecule has 0 aromatic heterocycles. The van der Waals surface area contributed by atoms with Crippen LogP contribution >= 0.6 is 11.6 Å². The van der Waals surface area contributed by atoms with Crippen molar-refractivity contribution in [3.8, 4) is 57.1 Å². The van der Waals surface area contributed by atoms with Gasteiger partial charge in [0.05, 0.1) is 54.1 Å². The fourth-order valence-electron chi connectivity index (χ4n) is 16.1. The van der Waals surface area contributed by atoms with E-state index in [-0.39, 0.29) is 70.5 Å². The zero-order chi connectivity index (χ0) is 88.7. The number of nitrogens with one attached hydrogen (secondary N) is 8. The number of unbranched alkanes of at least 4 members (excludes halogenated alkanes) is 7. The van der Waals surface area contributed by atoms with Crippen LogP contribution in [0, 0.1) is 5.92 Å². The molecule has 0 aliphatic carbocycles. The third-order valence-electron chi connectivity index (χ3n) is 22.9. The standard InChI is InChI=1S/C84H112ClN11O26/c1-9-10-11-12-13-14-15-16-25-90-35-47-52(99)31-46-60(67(47)102)45-27-41(19-23-51(45)98)61-77(109)96-65(80(112)94-63(46)81(113)114)70(120-58-33-83(6,87)73(105)38(4)115-58)40-17-21-44(22-18-40)117-54-29-43-30-55(71(54)122-82-72(69(104)68(103)56(36-97)119-82)121-59-34-84(7,88)74(106)39(5)116-59)118-53-24-20-42(28-48(53)85)66(101)64(95-75(107)49(89-8)26-37(2)3)79(111)91-50(32-57(86)100)76(108)92-62(43)78(110)93-61/h17-24,27-31,37-39,49-50,56,58-59,61-66,68-70,72-74,82,89-90,97-99,101-106H,9-16,25-26,32-36,87-88H2,1-8H3,(H2,86,100)(H,91,111)(H,92,108)(H,93,110)(H,94,112)(H,95,107)(H,96,109)(H,113,114)/t38-,39-,49?,50?,56+,58-,59-,61?,62?,63?,64?,65?,66?,68+,69-,70?,72+,73-,74-,82-,83-,84-/m0/s1. The van der Waals surface area contributed by atoms with Crippen molar-refractivity contribution < 1.29 is 127 Å². The molecule has 9 unspecified atom stereocenters. The Morgan fingerprint density at radius 2 is 1.26 bits per heavy atom. The predicted octanol–water partition coefficient (Wildman–Crippen LogP) is 2.92. The summed E-state index contributed by atoms with van der Waals surface area (Å²) in [4.78, 5) is 122. The minimum absolute atomic E-state index is 0.0382. The van der Waals surface area contributed by atoms with E-state index in [2.05, 4.69) is 49.5 Å². The van der Waals surface area contributed by atoms with Gasteiger partial charge in [-0.05, 0) is 137 Å². The number of primary amides is 1. The van der Waals surface area contributed by atoms with Crippen molar-refractivity contribution in [1.29, 1.82) is 0 Å². The molecule has 8 aliphatic heterocycles. The zero-order valence-electron chi connectivity index (χ0n) is 68.9. The van der Waals surface area contributed by atoms with Gasteiger partial charge in [0.2, 0.25) is 53.4 Å².